The minimum atomic E-state index is -0.562. The molecule has 1 aromatic heterocycles. The fourth-order valence-electron chi connectivity index (χ4n) is 10.6. The Kier molecular flexibility index (Phi) is 7.06. The van der Waals surface area contributed by atoms with Crippen LogP contribution in [-0.2, 0) is 0 Å². The average molecular weight is 699 g/mol. The summed E-state index contributed by atoms with van der Waals surface area (Å²) >= 11 is 0. The van der Waals surface area contributed by atoms with Gasteiger partial charge in [-0.25, -0.2) is 0 Å². The molecule has 53 heavy (non-hydrogen) atoms. The first-order valence-corrected chi connectivity index (χ1v) is 21.1. The van der Waals surface area contributed by atoms with Gasteiger partial charge in [-0.2, -0.15) is 0 Å². The molecule has 9 aromatic carbocycles. The summed E-state index contributed by atoms with van der Waals surface area (Å²) in [5.41, 5.74) is 2.08. The van der Waals surface area contributed by atoms with E-state index < -0.39 is 7.53 Å². The Hall–Kier alpha value is -5.16. The van der Waals surface area contributed by atoms with Gasteiger partial charge >= 0.3 is 0 Å². The summed E-state index contributed by atoms with van der Waals surface area (Å²) in [7, 11) is -0.562. The zero-order chi connectivity index (χ0) is 35.4. The molecule has 1 saturated carbocycles. The largest absolute Gasteiger partial charge is 0.105 e. The van der Waals surface area contributed by atoms with E-state index in [2.05, 4.69) is 166 Å². The van der Waals surface area contributed by atoms with Gasteiger partial charge in [-0.15, -0.1) is 7.53 Å². The zero-order valence-corrected chi connectivity index (χ0v) is 31.6. The van der Waals surface area contributed by atoms with Gasteiger partial charge in [0, 0.05) is 16.1 Å². The smallest absolute Gasteiger partial charge is 0.00272 e. The molecule has 0 aliphatic heterocycles. The topological polar surface area (TPSA) is 0 Å². The van der Waals surface area contributed by atoms with Gasteiger partial charge in [0.15, 0.2) is 0 Å². The molecule has 0 nitrogen and oxygen atoms in total. The maximum atomic E-state index is 2.71. The molecule has 0 saturated heterocycles. The molecule has 0 radical (unpaired) electrons. The lowest BCUT2D eigenvalue weighted by Crippen LogP contribution is -2.23. The minimum Gasteiger partial charge on any atom is -0.105 e. The van der Waals surface area contributed by atoms with Gasteiger partial charge in [0.1, 0.15) is 0 Å². The fraction of sp³-hybridized carbons (Fsp3) is 0.192. The average Bonchev–Trinajstić information content (AvgIpc) is 3.58. The van der Waals surface area contributed by atoms with Crippen LogP contribution in [0.1, 0.15) is 45.7 Å². The molecule has 0 N–H and O–H groups in total. The molecular weight excluding hydrogens is 656 g/mol. The van der Waals surface area contributed by atoms with Crippen LogP contribution in [0.25, 0.3) is 96.8 Å². The molecule has 1 heteroatoms. The minimum absolute atomic E-state index is 0.562. The first kappa shape index (κ1) is 31.4. The van der Waals surface area contributed by atoms with E-state index in [0.717, 1.165) is 11.8 Å². The highest BCUT2D eigenvalue weighted by Gasteiger charge is 2.35. The van der Waals surface area contributed by atoms with Crippen LogP contribution in [0.4, 0.5) is 0 Å². The van der Waals surface area contributed by atoms with Gasteiger partial charge < -0.3 is 0 Å². The van der Waals surface area contributed by atoms with E-state index in [-0.39, 0.29) is 0 Å². The maximum absolute atomic E-state index is 2.71. The Balaban J connectivity index is 1.39. The highest BCUT2D eigenvalue weighted by molar-refractivity contribution is 7.59. The standard InChI is InChI=1S/C52H43P/c1-31(2)36-23-21-32(3)27-49(36)53-47(34-14-5-4-6-15-34)29-35-28-45-41-20-12-11-19-40(41)43-25-26-44-39-18-10-9-17-38(39)42-24-22-33-13-7-8-16-37(33)50(42)52(44)51(43)46(45)30-48(35)53/h4-20,22,24-26,28-32,36,49H,21,23,27H2,1-3H3/t32-,36+,49-,53?/m0/s1. The molecule has 1 unspecified atom stereocenters. The Morgan fingerprint density at radius 2 is 1.04 bits per heavy atom. The fourth-order valence-corrected chi connectivity index (χ4v) is 14.4. The summed E-state index contributed by atoms with van der Waals surface area (Å²) in [6.07, 6.45) is 4.02. The molecule has 11 rings (SSSR count). The second-order valence-electron chi connectivity index (χ2n) is 16.3. The Morgan fingerprint density at radius 3 is 1.72 bits per heavy atom. The predicted octanol–water partition coefficient (Wildman–Crippen LogP) is 16.2. The molecule has 10 aromatic rings. The van der Waals surface area contributed by atoms with Crippen LogP contribution in [-0.4, -0.2) is 0 Å². The van der Waals surface area contributed by atoms with Gasteiger partial charge in [0.05, 0.1) is 0 Å². The normalized spacial score (nSPS) is 18.6. The number of rotatable bonds is 3. The summed E-state index contributed by atoms with van der Waals surface area (Å²) in [6.45, 7) is 7.48. The second-order valence-corrected chi connectivity index (χ2v) is 18.7. The molecule has 4 atom stereocenters. The molecule has 0 bridgehead atoms. The Morgan fingerprint density at radius 1 is 0.472 bits per heavy atom. The van der Waals surface area contributed by atoms with E-state index in [1.54, 1.807) is 10.4 Å². The lowest BCUT2D eigenvalue weighted by atomic mass is 9.77. The summed E-state index contributed by atoms with van der Waals surface area (Å²) in [5.74, 6) is 2.18. The molecule has 0 amide bonds. The van der Waals surface area contributed by atoms with Crippen molar-refractivity contribution >= 4 is 93.4 Å². The van der Waals surface area contributed by atoms with Gasteiger partial charge in [0.2, 0.25) is 0 Å². The third-order valence-corrected chi connectivity index (χ3v) is 16.1. The molecule has 1 aliphatic carbocycles. The van der Waals surface area contributed by atoms with Crippen LogP contribution < -0.4 is 0 Å². The van der Waals surface area contributed by atoms with Crippen molar-refractivity contribution in [3.05, 3.63) is 146 Å². The summed E-state index contributed by atoms with van der Waals surface area (Å²) in [5, 5.41) is 23.6. The first-order valence-electron chi connectivity index (χ1n) is 19.7. The second kappa shape index (κ2) is 11.9. The lowest BCUT2D eigenvalue weighted by molar-refractivity contribution is 0.224. The van der Waals surface area contributed by atoms with Crippen molar-refractivity contribution < 1.29 is 0 Å². The Labute approximate surface area is 312 Å². The number of fused-ring (bicyclic) bond motifs is 16. The first-order chi connectivity index (χ1) is 26.0. The van der Waals surface area contributed by atoms with Crippen molar-refractivity contribution in [3.63, 3.8) is 0 Å². The summed E-state index contributed by atoms with van der Waals surface area (Å²) in [4.78, 5) is 0. The van der Waals surface area contributed by atoms with Crippen molar-refractivity contribution in [2.75, 3.05) is 0 Å². The van der Waals surface area contributed by atoms with Crippen LogP contribution >= 0.6 is 7.53 Å². The highest BCUT2D eigenvalue weighted by Crippen LogP contribution is 2.64. The molecule has 0 spiro atoms. The van der Waals surface area contributed by atoms with Crippen molar-refractivity contribution in [2.24, 2.45) is 17.8 Å². The van der Waals surface area contributed by atoms with Gasteiger partial charge in [-0.1, -0.05) is 155 Å². The quantitative estimate of drug-likeness (QED) is 0.161. The molecule has 256 valence electrons. The van der Waals surface area contributed by atoms with Gasteiger partial charge in [-0.3, -0.25) is 0 Å². The molecule has 1 aliphatic rings. The zero-order valence-electron chi connectivity index (χ0n) is 30.7. The number of hydrogen-bond acceptors (Lipinski definition) is 0. The van der Waals surface area contributed by atoms with E-state index in [1.165, 1.54) is 106 Å². The van der Waals surface area contributed by atoms with Crippen molar-refractivity contribution in [2.45, 2.75) is 45.7 Å². The lowest BCUT2D eigenvalue weighted by Gasteiger charge is -2.38. The van der Waals surface area contributed by atoms with Crippen LogP contribution in [0.15, 0.2) is 146 Å². The predicted molar refractivity (Wildman–Crippen MR) is 235 cm³/mol. The SMILES string of the molecule is CC(C)[C@H]1CC[C@H](C)C[C@@H]1p1c(-c2ccccc2)cc2cc3c4ccccc4c4ccc5c6ccccc6c6ccc7ccccc7c6c5c4c3cc21. The summed E-state index contributed by atoms with van der Waals surface area (Å²) < 4.78 is 0. The molecular formula is C52H43P. The van der Waals surface area contributed by atoms with Crippen LogP contribution in [0.5, 0.6) is 0 Å². The van der Waals surface area contributed by atoms with Crippen LogP contribution in [0, 0.1) is 17.8 Å². The van der Waals surface area contributed by atoms with Crippen molar-refractivity contribution in [3.8, 4) is 10.9 Å². The third kappa shape index (κ3) is 4.62. The van der Waals surface area contributed by atoms with E-state index in [1.807, 2.05) is 0 Å². The van der Waals surface area contributed by atoms with Gasteiger partial charge in [-0.05, 0) is 135 Å². The number of hydrogen-bond donors (Lipinski definition) is 0. The van der Waals surface area contributed by atoms with Crippen LogP contribution in [0.2, 0.25) is 0 Å². The monoisotopic (exact) mass is 698 g/mol. The van der Waals surface area contributed by atoms with Gasteiger partial charge in [0.25, 0.3) is 0 Å². The van der Waals surface area contributed by atoms with Crippen molar-refractivity contribution in [1.82, 2.24) is 0 Å². The molecule has 1 heterocycles. The van der Waals surface area contributed by atoms with E-state index in [9.17, 15) is 0 Å². The van der Waals surface area contributed by atoms with Crippen molar-refractivity contribution in [1.29, 1.82) is 0 Å². The maximum Gasteiger partial charge on any atom is 0.00272 e. The Bertz CT molecular complexity index is 3090. The highest BCUT2D eigenvalue weighted by atomic mass is 31.1. The van der Waals surface area contributed by atoms with E-state index >= 15 is 0 Å². The third-order valence-electron chi connectivity index (χ3n) is 13.0. The molecule has 1 fully saturated rings. The number of benzene rings is 9. The van der Waals surface area contributed by atoms with E-state index in [0.29, 0.717) is 11.6 Å². The van der Waals surface area contributed by atoms with Crippen LogP contribution in [0.3, 0.4) is 0 Å². The summed E-state index contributed by atoms with van der Waals surface area (Å²) in [6, 6.07) is 56.1. The van der Waals surface area contributed by atoms with E-state index in [4.69, 9.17) is 0 Å².